The Hall–Kier alpha value is -2.97. The molecule has 0 radical (unpaired) electrons. The zero-order valence-corrected chi connectivity index (χ0v) is 18.0. The van der Waals surface area contributed by atoms with Crippen molar-refractivity contribution in [1.82, 2.24) is 20.4 Å². The Labute approximate surface area is 179 Å². The van der Waals surface area contributed by atoms with Gasteiger partial charge in [0.2, 0.25) is 5.82 Å². The highest BCUT2D eigenvalue weighted by Gasteiger charge is 2.35. The highest BCUT2D eigenvalue weighted by Crippen LogP contribution is 2.37. The Balaban J connectivity index is 1.76. The Morgan fingerprint density at radius 2 is 2.03 bits per heavy atom. The number of rotatable bonds is 7. The second-order valence-corrected chi connectivity index (χ2v) is 8.14. The molecule has 0 saturated carbocycles. The first-order chi connectivity index (χ1) is 14.6. The largest absolute Gasteiger partial charge is 0.385 e. The number of hydrogen-bond acceptors (Lipinski definition) is 6. The molecule has 8 heteroatoms. The van der Waals surface area contributed by atoms with Crippen molar-refractivity contribution in [1.29, 1.82) is 0 Å². The number of aryl methyl sites for hydroxylation is 1. The van der Waals surface area contributed by atoms with E-state index in [1.807, 2.05) is 55.6 Å². The first kappa shape index (κ1) is 20.3. The zero-order chi connectivity index (χ0) is 21.1. The van der Waals surface area contributed by atoms with Crippen LogP contribution in [0.5, 0.6) is 0 Å². The van der Waals surface area contributed by atoms with Gasteiger partial charge in [-0.05, 0) is 37.3 Å². The van der Waals surface area contributed by atoms with Crippen LogP contribution < -0.4 is 5.32 Å². The van der Waals surface area contributed by atoms with Crippen LogP contribution in [-0.2, 0) is 4.74 Å². The van der Waals surface area contributed by atoms with Gasteiger partial charge < -0.3 is 14.6 Å². The highest BCUT2D eigenvalue weighted by atomic mass is 32.1. The van der Waals surface area contributed by atoms with Gasteiger partial charge in [-0.2, -0.15) is 4.98 Å². The van der Waals surface area contributed by atoms with Crippen LogP contribution in [0.2, 0.25) is 0 Å². The van der Waals surface area contributed by atoms with Gasteiger partial charge in [0.1, 0.15) is 0 Å². The summed E-state index contributed by atoms with van der Waals surface area (Å²) in [5.74, 6) is 0.962. The lowest BCUT2D eigenvalue weighted by molar-refractivity contribution is 0.174. The van der Waals surface area contributed by atoms with Gasteiger partial charge in [-0.15, -0.1) is 11.3 Å². The summed E-state index contributed by atoms with van der Waals surface area (Å²) in [4.78, 5) is 20.2. The summed E-state index contributed by atoms with van der Waals surface area (Å²) in [6.45, 7) is 5.09. The number of nitrogens with one attached hydrogen (secondary N) is 1. The summed E-state index contributed by atoms with van der Waals surface area (Å²) in [6.07, 6.45) is 0.730. The third-order valence-corrected chi connectivity index (χ3v) is 6.00. The van der Waals surface area contributed by atoms with Gasteiger partial charge in [0.15, 0.2) is 0 Å². The Kier molecular flexibility index (Phi) is 5.96. The monoisotopic (exact) mass is 424 g/mol. The fourth-order valence-electron chi connectivity index (χ4n) is 3.54. The molecule has 1 atom stereocenters. The van der Waals surface area contributed by atoms with E-state index in [9.17, 15) is 4.79 Å². The van der Waals surface area contributed by atoms with Crippen molar-refractivity contribution in [3.05, 3.63) is 64.5 Å². The lowest BCUT2D eigenvalue weighted by atomic mass is 9.94. The normalized spacial score (nSPS) is 16.8. The van der Waals surface area contributed by atoms with Gasteiger partial charge in [0.05, 0.1) is 16.5 Å². The summed E-state index contributed by atoms with van der Waals surface area (Å²) in [6, 6.07) is 11.5. The van der Waals surface area contributed by atoms with E-state index >= 15 is 0 Å². The number of carbonyl (C=O) groups excluding carboxylic acids is 1. The number of allylic oxidation sites excluding steroid dienone is 1. The summed E-state index contributed by atoms with van der Waals surface area (Å²) >= 11 is 1.56. The topological polar surface area (TPSA) is 80.5 Å². The quantitative estimate of drug-likeness (QED) is 0.559. The molecule has 0 saturated heterocycles. The van der Waals surface area contributed by atoms with E-state index in [2.05, 4.69) is 15.5 Å². The third kappa shape index (κ3) is 4.01. The molecule has 1 unspecified atom stereocenters. The molecule has 2 amide bonds. The Morgan fingerprint density at radius 3 is 2.73 bits per heavy atom. The molecule has 1 aliphatic rings. The molecule has 2 aromatic heterocycles. The van der Waals surface area contributed by atoms with Crippen LogP contribution in [0.25, 0.3) is 16.3 Å². The lowest BCUT2D eigenvalue weighted by Gasteiger charge is -2.35. The number of carbonyl (C=O) groups is 1. The predicted molar refractivity (Wildman–Crippen MR) is 116 cm³/mol. The number of thiophene rings is 1. The fourth-order valence-corrected chi connectivity index (χ4v) is 4.19. The molecule has 0 spiro atoms. The summed E-state index contributed by atoms with van der Waals surface area (Å²) in [5.41, 5.74) is 3.74. The van der Waals surface area contributed by atoms with Gasteiger partial charge in [0.25, 0.3) is 5.89 Å². The maximum Gasteiger partial charge on any atom is 0.322 e. The maximum atomic E-state index is 12.9. The highest BCUT2D eigenvalue weighted by molar-refractivity contribution is 7.13. The van der Waals surface area contributed by atoms with E-state index in [0.29, 0.717) is 24.9 Å². The lowest BCUT2D eigenvalue weighted by Crippen LogP contribution is -2.46. The van der Waals surface area contributed by atoms with Gasteiger partial charge in [-0.1, -0.05) is 41.1 Å². The number of benzene rings is 1. The smallest absolute Gasteiger partial charge is 0.322 e. The van der Waals surface area contributed by atoms with E-state index in [4.69, 9.17) is 9.26 Å². The van der Waals surface area contributed by atoms with Crippen molar-refractivity contribution in [2.75, 3.05) is 20.3 Å². The second kappa shape index (κ2) is 8.81. The molecule has 7 nitrogen and oxygen atoms in total. The van der Waals surface area contributed by atoms with Crippen molar-refractivity contribution in [2.24, 2.45) is 0 Å². The number of aromatic nitrogens is 2. The van der Waals surface area contributed by atoms with E-state index in [-0.39, 0.29) is 12.1 Å². The van der Waals surface area contributed by atoms with Gasteiger partial charge in [0, 0.05) is 26.0 Å². The molecule has 0 aliphatic carbocycles. The molecular weight excluding hydrogens is 400 g/mol. The molecule has 3 aromatic rings. The number of nitrogens with zero attached hydrogens (tertiary/aromatic N) is 3. The summed E-state index contributed by atoms with van der Waals surface area (Å²) < 4.78 is 10.8. The predicted octanol–water partition coefficient (Wildman–Crippen LogP) is 4.64. The molecule has 30 heavy (non-hydrogen) atoms. The van der Waals surface area contributed by atoms with Crippen LogP contribution in [0.1, 0.15) is 36.4 Å². The first-order valence-corrected chi connectivity index (χ1v) is 10.7. The molecule has 0 bridgehead atoms. The Morgan fingerprint density at radius 1 is 1.23 bits per heavy atom. The van der Waals surface area contributed by atoms with Crippen molar-refractivity contribution in [3.8, 4) is 10.7 Å². The van der Waals surface area contributed by atoms with Gasteiger partial charge >= 0.3 is 6.03 Å². The van der Waals surface area contributed by atoms with Crippen LogP contribution >= 0.6 is 11.3 Å². The molecule has 0 fully saturated rings. The molecule has 156 valence electrons. The van der Waals surface area contributed by atoms with Crippen molar-refractivity contribution < 1.29 is 14.1 Å². The van der Waals surface area contributed by atoms with Crippen molar-refractivity contribution in [3.63, 3.8) is 0 Å². The summed E-state index contributed by atoms with van der Waals surface area (Å²) in [5, 5.41) is 9.26. The number of urea groups is 1. The van der Waals surface area contributed by atoms with Crippen LogP contribution in [0.3, 0.4) is 0 Å². The Bertz CT molecular complexity index is 1040. The van der Waals surface area contributed by atoms with Crippen LogP contribution in [0, 0.1) is 6.92 Å². The van der Waals surface area contributed by atoms with Gasteiger partial charge in [-0.3, -0.25) is 4.90 Å². The standard InChI is InChI=1S/C22H24N4O3S/c1-14-7-9-16(10-8-14)19-18(15(2)26(22(27)23-19)11-5-12-28-3)21-24-20(25-29-21)17-6-4-13-30-17/h4,6-10,13,19H,5,11-12H2,1-3H3,(H,23,27). The minimum absolute atomic E-state index is 0.143. The van der Waals surface area contributed by atoms with E-state index < -0.39 is 0 Å². The average molecular weight is 425 g/mol. The number of hydrogen-bond donors (Lipinski definition) is 1. The number of methoxy groups -OCH3 is 1. The minimum atomic E-state index is -0.367. The molecular formula is C22H24N4O3S. The van der Waals surface area contributed by atoms with Crippen molar-refractivity contribution in [2.45, 2.75) is 26.3 Å². The van der Waals surface area contributed by atoms with E-state index in [1.54, 1.807) is 23.3 Å². The van der Waals surface area contributed by atoms with E-state index in [1.165, 1.54) is 0 Å². The fraction of sp³-hybridized carbons (Fsp3) is 0.318. The second-order valence-electron chi connectivity index (χ2n) is 7.19. The maximum absolute atomic E-state index is 12.9. The number of ether oxygens (including phenoxy) is 1. The van der Waals surface area contributed by atoms with Gasteiger partial charge in [-0.25, -0.2) is 4.79 Å². The van der Waals surface area contributed by atoms with E-state index in [0.717, 1.165) is 33.7 Å². The molecule has 1 aliphatic heterocycles. The van der Waals surface area contributed by atoms with Crippen LogP contribution in [0.15, 0.2) is 52.0 Å². The number of amides is 2. The molecule has 3 heterocycles. The summed E-state index contributed by atoms with van der Waals surface area (Å²) in [7, 11) is 1.66. The molecule has 1 N–H and O–H groups in total. The zero-order valence-electron chi connectivity index (χ0n) is 17.2. The third-order valence-electron chi connectivity index (χ3n) is 5.14. The first-order valence-electron chi connectivity index (χ1n) is 9.80. The van der Waals surface area contributed by atoms with Crippen LogP contribution in [-0.4, -0.2) is 41.3 Å². The molecule has 4 rings (SSSR count). The minimum Gasteiger partial charge on any atom is -0.385 e. The van der Waals surface area contributed by atoms with Crippen molar-refractivity contribution >= 4 is 22.9 Å². The van der Waals surface area contributed by atoms with Crippen LogP contribution in [0.4, 0.5) is 4.79 Å². The SMILES string of the molecule is COCCCN1C(=O)NC(c2ccc(C)cc2)C(c2nc(-c3cccs3)no2)=C1C. The molecule has 1 aromatic carbocycles. The average Bonchev–Trinajstić information content (AvgIpc) is 3.42.